The van der Waals surface area contributed by atoms with Crippen LogP contribution in [0.25, 0.3) is 0 Å². The Hall–Kier alpha value is -0.720. The Balaban J connectivity index is 2.36. The first-order valence-electron chi connectivity index (χ1n) is 7.25. The predicted octanol–water partition coefficient (Wildman–Crippen LogP) is 2.42. The van der Waals surface area contributed by atoms with Crippen molar-refractivity contribution in [3.63, 3.8) is 0 Å². The van der Waals surface area contributed by atoms with E-state index in [2.05, 4.69) is 24.4 Å². The van der Waals surface area contributed by atoms with Gasteiger partial charge in [-0.3, -0.25) is 14.3 Å². The molecule has 6 heteroatoms. The van der Waals surface area contributed by atoms with Crippen molar-refractivity contribution in [2.24, 2.45) is 0 Å². The molecule has 0 aromatic carbocycles. The molecule has 1 aromatic heterocycles. The normalized spacial score (nSPS) is 28.9. The van der Waals surface area contributed by atoms with E-state index in [-0.39, 0.29) is 18.1 Å². The summed E-state index contributed by atoms with van der Waals surface area (Å²) in [7, 11) is -0.918. The smallest absolute Gasteiger partial charge is 0.244 e. The third kappa shape index (κ3) is 3.22. The maximum atomic E-state index is 12.8. The lowest BCUT2D eigenvalue weighted by Crippen LogP contribution is -2.45. The fraction of sp³-hybridized carbons (Fsp3) is 0.667. The molecule has 0 aliphatic carbocycles. The van der Waals surface area contributed by atoms with E-state index in [9.17, 15) is 9.00 Å². The lowest BCUT2D eigenvalue weighted by atomic mass is 9.99. The van der Waals surface area contributed by atoms with Gasteiger partial charge in [-0.15, -0.1) is 11.3 Å². The number of carbonyl (C=O) groups excluding carboxylic acids is 1. The topological polar surface area (TPSA) is 49.4 Å². The second-order valence-corrected chi connectivity index (χ2v) is 8.78. The summed E-state index contributed by atoms with van der Waals surface area (Å²) < 4.78 is 11.6. The number of hydrogen-bond donors (Lipinski definition) is 1. The molecule has 118 valence electrons. The molecule has 1 aliphatic rings. The van der Waals surface area contributed by atoms with Gasteiger partial charge in [0.1, 0.15) is 6.17 Å². The lowest BCUT2D eigenvalue weighted by molar-refractivity contribution is -0.134. The fourth-order valence-electron chi connectivity index (χ4n) is 2.77. The fourth-order valence-corrected chi connectivity index (χ4v) is 4.54. The van der Waals surface area contributed by atoms with E-state index >= 15 is 0 Å². The largest absolute Gasteiger partial charge is 0.317 e. The van der Waals surface area contributed by atoms with Gasteiger partial charge in [0, 0.05) is 38.6 Å². The van der Waals surface area contributed by atoms with Gasteiger partial charge in [0.25, 0.3) is 0 Å². The Bertz CT molecular complexity index is 558. The van der Waals surface area contributed by atoms with Crippen LogP contribution in [0.5, 0.6) is 0 Å². The lowest BCUT2D eigenvalue weighted by Gasteiger charge is -2.29. The van der Waals surface area contributed by atoms with Gasteiger partial charge in [-0.05, 0) is 39.3 Å². The third-order valence-corrected chi connectivity index (χ3v) is 6.13. The van der Waals surface area contributed by atoms with Crippen molar-refractivity contribution >= 4 is 28.0 Å². The SMILES string of the molecule is CCC1(C)NC(c2ccc(C)s2)N(C(C)CS(C)=O)C1=O. The number of hydrogen-bond acceptors (Lipinski definition) is 4. The standard InChI is InChI=1S/C15H24N2O2S2/c1-6-15(4)14(18)17(10(2)9-21(5)19)13(16-15)12-8-7-11(3)20-12/h7-8,10,13,16H,6,9H2,1-5H3. The van der Waals surface area contributed by atoms with Crippen molar-refractivity contribution in [3.05, 3.63) is 21.9 Å². The van der Waals surface area contributed by atoms with Crippen LogP contribution >= 0.6 is 11.3 Å². The maximum Gasteiger partial charge on any atom is 0.244 e. The molecule has 0 bridgehead atoms. The number of carbonyl (C=O) groups is 1. The first-order chi connectivity index (χ1) is 9.78. The molecule has 1 N–H and O–H groups in total. The molecule has 1 aromatic rings. The highest BCUT2D eigenvalue weighted by Crippen LogP contribution is 2.37. The van der Waals surface area contributed by atoms with Gasteiger partial charge in [-0.2, -0.15) is 0 Å². The van der Waals surface area contributed by atoms with Crippen LogP contribution in [0.15, 0.2) is 12.1 Å². The minimum atomic E-state index is -0.918. The molecule has 0 radical (unpaired) electrons. The Kier molecular flexibility index (Phi) is 4.90. The molecule has 21 heavy (non-hydrogen) atoms. The summed E-state index contributed by atoms with van der Waals surface area (Å²) in [5.41, 5.74) is -0.536. The Morgan fingerprint density at radius 3 is 2.67 bits per heavy atom. The molecule has 1 fully saturated rings. The van der Waals surface area contributed by atoms with Crippen molar-refractivity contribution in [3.8, 4) is 0 Å². The van der Waals surface area contributed by atoms with E-state index in [0.717, 1.165) is 11.3 Å². The van der Waals surface area contributed by atoms with Gasteiger partial charge in [0.05, 0.1) is 5.54 Å². The summed E-state index contributed by atoms with van der Waals surface area (Å²) in [5.74, 6) is 0.618. The summed E-state index contributed by atoms with van der Waals surface area (Å²) in [6.07, 6.45) is 2.32. The molecule has 2 heterocycles. The number of rotatable bonds is 5. The van der Waals surface area contributed by atoms with Crippen LogP contribution in [0.3, 0.4) is 0 Å². The van der Waals surface area contributed by atoms with E-state index < -0.39 is 16.3 Å². The average molecular weight is 329 g/mol. The highest BCUT2D eigenvalue weighted by atomic mass is 32.2. The molecular weight excluding hydrogens is 304 g/mol. The highest BCUT2D eigenvalue weighted by molar-refractivity contribution is 7.84. The van der Waals surface area contributed by atoms with Crippen LogP contribution in [0.2, 0.25) is 0 Å². The zero-order valence-electron chi connectivity index (χ0n) is 13.3. The monoisotopic (exact) mass is 328 g/mol. The van der Waals surface area contributed by atoms with Gasteiger partial charge >= 0.3 is 0 Å². The number of nitrogens with zero attached hydrogens (tertiary/aromatic N) is 1. The number of thiophene rings is 1. The van der Waals surface area contributed by atoms with Crippen LogP contribution in [-0.4, -0.2) is 38.6 Å². The quantitative estimate of drug-likeness (QED) is 0.903. The van der Waals surface area contributed by atoms with Crippen LogP contribution < -0.4 is 5.32 Å². The Morgan fingerprint density at radius 1 is 1.52 bits per heavy atom. The molecule has 4 nitrogen and oxygen atoms in total. The molecule has 1 aliphatic heterocycles. The van der Waals surface area contributed by atoms with E-state index in [1.165, 1.54) is 4.88 Å². The summed E-state index contributed by atoms with van der Waals surface area (Å²) in [4.78, 5) is 17.1. The van der Waals surface area contributed by atoms with Gasteiger partial charge in [0.2, 0.25) is 5.91 Å². The predicted molar refractivity (Wildman–Crippen MR) is 88.9 cm³/mol. The van der Waals surface area contributed by atoms with E-state index in [0.29, 0.717) is 5.75 Å². The molecule has 1 amide bonds. The second-order valence-electron chi connectivity index (χ2n) is 5.98. The van der Waals surface area contributed by atoms with Crippen molar-refractivity contribution in [1.82, 2.24) is 10.2 Å². The van der Waals surface area contributed by atoms with Crippen molar-refractivity contribution in [1.29, 1.82) is 0 Å². The minimum Gasteiger partial charge on any atom is -0.317 e. The van der Waals surface area contributed by atoms with E-state index in [1.807, 2.05) is 25.7 Å². The molecule has 4 unspecified atom stereocenters. The van der Waals surface area contributed by atoms with Crippen LogP contribution in [0, 0.1) is 6.92 Å². The first kappa shape index (κ1) is 16.6. The van der Waals surface area contributed by atoms with Crippen LogP contribution in [0.1, 0.15) is 43.1 Å². The van der Waals surface area contributed by atoms with Crippen molar-refractivity contribution < 1.29 is 9.00 Å². The Labute approximate surface area is 133 Å². The van der Waals surface area contributed by atoms with Crippen LogP contribution in [-0.2, 0) is 15.6 Å². The summed E-state index contributed by atoms with van der Waals surface area (Å²) in [5, 5.41) is 3.49. The van der Waals surface area contributed by atoms with E-state index in [1.54, 1.807) is 17.6 Å². The van der Waals surface area contributed by atoms with Crippen molar-refractivity contribution in [2.75, 3.05) is 12.0 Å². The summed E-state index contributed by atoms with van der Waals surface area (Å²) >= 11 is 1.71. The summed E-state index contributed by atoms with van der Waals surface area (Å²) in [6, 6.07) is 4.11. The second kappa shape index (κ2) is 6.18. The minimum absolute atomic E-state index is 0.0448. The molecule has 0 spiro atoms. The molecule has 1 saturated heterocycles. The van der Waals surface area contributed by atoms with Gasteiger partial charge in [-0.1, -0.05) is 6.92 Å². The third-order valence-electron chi connectivity index (χ3n) is 4.13. The zero-order valence-corrected chi connectivity index (χ0v) is 14.9. The molecule has 4 atom stereocenters. The molecule has 0 saturated carbocycles. The van der Waals surface area contributed by atoms with Gasteiger partial charge in [-0.25, -0.2) is 0 Å². The van der Waals surface area contributed by atoms with Crippen LogP contribution in [0.4, 0.5) is 0 Å². The molecular formula is C15H24N2O2S2. The highest BCUT2D eigenvalue weighted by Gasteiger charge is 2.49. The maximum absolute atomic E-state index is 12.8. The molecule has 2 rings (SSSR count). The number of aryl methyl sites for hydroxylation is 1. The number of nitrogens with one attached hydrogen (secondary N) is 1. The van der Waals surface area contributed by atoms with Gasteiger partial charge < -0.3 is 4.90 Å². The van der Waals surface area contributed by atoms with Gasteiger partial charge in [0.15, 0.2) is 0 Å². The van der Waals surface area contributed by atoms with E-state index in [4.69, 9.17) is 0 Å². The Morgan fingerprint density at radius 2 is 2.19 bits per heavy atom. The van der Waals surface area contributed by atoms with Crippen molar-refractivity contribution in [2.45, 2.75) is 51.9 Å². The average Bonchev–Trinajstić information content (AvgIpc) is 2.92. The zero-order chi connectivity index (χ0) is 15.8. The number of amides is 1. The summed E-state index contributed by atoms with van der Waals surface area (Å²) in [6.45, 7) is 8.03. The first-order valence-corrected chi connectivity index (χ1v) is 9.79.